The van der Waals surface area contributed by atoms with Gasteiger partial charge in [-0.1, -0.05) is 19.1 Å². The highest BCUT2D eigenvalue weighted by Crippen LogP contribution is 2.20. The third-order valence-corrected chi connectivity index (χ3v) is 3.43. The van der Waals surface area contributed by atoms with E-state index in [1.54, 1.807) is 0 Å². The van der Waals surface area contributed by atoms with Crippen LogP contribution < -0.4 is 4.74 Å². The third kappa shape index (κ3) is 5.65. The van der Waals surface area contributed by atoms with Crippen LogP contribution >= 0.6 is 12.4 Å². The Morgan fingerprint density at radius 3 is 2.71 bits per heavy atom. The van der Waals surface area contributed by atoms with Gasteiger partial charge in [-0.05, 0) is 18.6 Å². The topological polar surface area (TPSA) is 38.8 Å². The molecule has 0 radical (unpaired) electrons. The summed E-state index contributed by atoms with van der Waals surface area (Å²) in [5.41, 5.74) is 0.705. The fourth-order valence-electron chi connectivity index (χ4n) is 2.29. The Labute approximate surface area is 132 Å². The van der Waals surface area contributed by atoms with E-state index in [0.29, 0.717) is 24.3 Å². The molecule has 1 fully saturated rings. The molecule has 0 aromatic heterocycles. The van der Waals surface area contributed by atoms with Gasteiger partial charge in [0.05, 0.1) is 18.8 Å². The first kappa shape index (κ1) is 18.0. The highest BCUT2D eigenvalue weighted by Gasteiger charge is 2.13. The van der Waals surface area contributed by atoms with Gasteiger partial charge in [-0.25, -0.2) is 0 Å². The molecule has 1 heterocycles. The molecule has 2 rings (SSSR count). The molecule has 1 aromatic carbocycles. The number of Topliss-reactive ketones (excluding diaryl/α,β-unsaturated/α-hetero) is 1. The number of hydrogen-bond acceptors (Lipinski definition) is 4. The Morgan fingerprint density at radius 2 is 2.00 bits per heavy atom. The van der Waals surface area contributed by atoms with Gasteiger partial charge in [-0.3, -0.25) is 9.69 Å². The molecule has 21 heavy (non-hydrogen) atoms. The molecule has 0 spiro atoms. The summed E-state index contributed by atoms with van der Waals surface area (Å²) in [6.07, 6.45) is 1.44. The van der Waals surface area contributed by atoms with Gasteiger partial charge in [0.15, 0.2) is 5.78 Å². The van der Waals surface area contributed by atoms with Gasteiger partial charge in [0.25, 0.3) is 0 Å². The normalized spacial score (nSPS) is 15.3. The predicted molar refractivity (Wildman–Crippen MR) is 85.7 cm³/mol. The van der Waals surface area contributed by atoms with Crippen molar-refractivity contribution in [1.29, 1.82) is 0 Å². The molecule has 0 amide bonds. The zero-order valence-electron chi connectivity index (χ0n) is 12.5. The first-order valence-corrected chi connectivity index (χ1v) is 7.36. The quantitative estimate of drug-likeness (QED) is 0.726. The van der Waals surface area contributed by atoms with Crippen molar-refractivity contribution in [2.24, 2.45) is 0 Å². The molecule has 4 nitrogen and oxygen atoms in total. The average molecular weight is 314 g/mol. The highest BCUT2D eigenvalue weighted by molar-refractivity contribution is 5.98. The lowest BCUT2D eigenvalue weighted by atomic mass is 10.1. The van der Waals surface area contributed by atoms with Gasteiger partial charge in [0, 0.05) is 26.1 Å². The second-order valence-electron chi connectivity index (χ2n) is 4.97. The lowest BCUT2D eigenvalue weighted by Crippen LogP contribution is -2.38. The van der Waals surface area contributed by atoms with Crippen molar-refractivity contribution in [2.75, 3.05) is 39.5 Å². The number of halogens is 1. The number of rotatable bonds is 7. The second kappa shape index (κ2) is 9.77. The molecule has 1 aliphatic rings. The zero-order chi connectivity index (χ0) is 14.2. The number of carbonyl (C=O) groups is 1. The Balaban J connectivity index is 0.00000220. The molecular formula is C16H24ClNO3. The van der Waals surface area contributed by atoms with Crippen LogP contribution in [0.5, 0.6) is 5.75 Å². The van der Waals surface area contributed by atoms with Gasteiger partial charge in [0.1, 0.15) is 12.4 Å². The van der Waals surface area contributed by atoms with E-state index in [1.165, 1.54) is 0 Å². The molecule has 1 aromatic rings. The van der Waals surface area contributed by atoms with Crippen LogP contribution in [0.15, 0.2) is 24.3 Å². The number of morpholine rings is 1. The Hall–Kier alpha value is -1.10. The van der Waals surface area contributed by atoms with Crippen molar-refractivity contribution in [2.45, 2.75) is 19.8 Å². The van der Waals surface area contributed by atoms with E-state index < -0.39 is 0 Å². The van der Waals surface area contributed by atoms with Crippen LogP contribution in [0.25, 0.3) is 0 Å². The molecule has 1 aliphatic heterocycles. The van der Waals surface area contributed by atoms with Crippen LogP contribution in [0, 0.1) is 0 Å². The summed E-state index contributed by atoms with van der Waals surface area (Å²) in [6.45, 7) is 7.01. The Bertz CT molecular complexity index is 433. The number of nitrogens with zero attached hydrogens (tertiary/aromatic N) is 1. The van der Waals surface area contributed by atoms with Crippen molar-refractivity contribution in [3.63, 3.8) is 0 Å². The summed E-state index contributed by atoms with van der Waals surface area (Å²) >= 11 is 0. The summed E-state index contributed by atoms with van der Waals surface area (Å²) < 4.78 is 11.1. The van der Waals surface area contributed by atoms with Gasteiger partial charge in [-0.15, -0.1) is 12.4 Å². The van der Waals surface area contributed by atoms with Crippen molar-refractivity contribution < 1.29 is 14.3 Å². The van der Waals surface area contributed by atoms with Crippen molar-refractivity contribution in [1.82, 2.24) is 4.90 Å². The number of carbonyl (C=O) groups excluding carboxylic acids is 1. The lowest BCUT2D eigenvalue weighted by molar-refractivity contribution is 0.0322. The maximum Gasteiger partial charge on any atom is 0.166 e. The van der Waals surface area contributed by atoms with E-state index in [9.17, 15) is 4.79 Å². The first-order valence-electron chi connectivity index (χ1n) is 7.36. The molecule has 0 bridgehead atoms. The second-order valence-corrected chi connectivity index (χ2v) is 4.97. The first-order chi connectivity index (χ1) is 9.81. The number of para-hydroxylation sites is 1. The summed E-state index contributed by atoms with van der Waals surface area (Å²) in [5.74, 6) is 0.869. The molecule has 1 saturated heterocycles. The highest BCUT2D eigenvalue weighted by atomic mass is 35.5. The van der Waals surface area contributed by atoms with Crippen LogP contribution in [-0.2, 0) is 4.74 Å². The van der Waals surface area contributed by atoms with Gasteiger partial charge in [-0.2, -0.15) is 0 Å². The van der Waals surface area contributed by atoms with Gasteiger partial charge < -0.3 is 9.47 Å². The summed E-state index contributed by atoms with van der Waals surface area (Å²) in [5, 5.41) is 0. The standard InChI is InChI=1S/C16H23NO3.ClH/c1-2-5-15(18)14-6-3-4-7-16(14)20-13-10-17-8-11-19-12-9-17;/h3-4,6-7H,2,5,8-13H2,1H3;1H. The molecule has 118 valence electrons. The average Bonchev–Trinajstić information content (AvgIpc) is 2.49. The van der Waals surface area contributed by atoms with Gasteiger partial charge in [0.2, 0.25) is 0 Å². The van der Waals surface area contributed by atoms with E-state index in [2.05, 4.69) is 4.90 Å². The van der Waals surface area contributed by atoms with E-state index >= 15 is 0 Å². The van der Waals surface area contributed by atoms with Crippen LogP contribution in [0.2, 0.25) is 0 Å². The number of ketones is 1. The lowest BCUT2D eigenvalue weighted by Gasteiger charge is -2.26. The monoisotopic (exact) mass is 313 g/mol. The molecule has 0 saturated carbocycles. The van der Waals surface area contributed by atoms with Crippen molar-refractivity contribution in [3.8, 4) is 5.75 Å². The summed E-state index contributed by atoms with van der Waals surface area (Å²) in [6, 6.07) is 7.52. The smallest absolute Gasteiger partial charge is 0.166 e. The minimum absolute atomic E-state index is 0. The minimum atomic E-state index is 0. The van der Waals surface area contributed by atoms with Gasteiger partial charge >= 0.3 is 0 Å². The number of benzene rings is 1. The summed E-state index contributed by atoms with van der Waals surface area (Å²) in [7, 11) is 0. The van der Waals surface area contributed by atoms with Crippen LogP contribution in [-0.4, -0.2) is 50.1 Å². The fourth-order valence-corrected chi connectivity index (χ4v) is 2.29. The molecule has 0 unspecified atom stereocenters. The Morgan fingerprint density at radius 1 is 1.29 bits per heavy atom. The predicted octanol–water partition coefficient (Wildman–Crippen LogP) is 2.80. The maximum atomic E-state index is 12.0. The molecular weight excluding hydrogens is 290 g/mol. The number of ether oxygens (including phenoxy) is 2. The molecule has 0 N–H and O–H groups in total. The molecule has 0 aliphatic carbocycles. The maximum absolute atomic E-state index is 12.0. The molecule has 0 atom stereocenters. The van der Waals surface area contributed by atoms with Crippen LogP contribution in [0.1, 0.15) is 30.1 Å². The SMILES string of the molecule is CCCC(=O)c1ccccc1OCCN1CCOCC1.Cl. The van der Waals surface area contributed by atoms with E-state index in [1.807, 2.05) is 31.2 Å². The number of hydrogen-bond donors (Lipinski definition) is 0. The van der Waals surface area contributed by atoms with Crippen LogP contribution in [0.3, 0.4) is 0 Å². The fraction of sp³-hybridized carbons (Fsp3) is 0.562. The van der Waals surface area contributed by atoms with Crippen LogP contribution in [0.4, 0.5) is 0 Å². The summed E-state index contributed by atoms with van der Waals surface area (Å²) in [4.78, 5) is 14.3. The molecule has 5 heteroatoms. The van der Waals surface area contributed by atoms with E-state index in [0.717, 1.165) is 39.3 Å². The zero-order valence-corrected chi connectivity index (χ0v) is 13.4. The Kier molecular flexibility index (Phi) is 8.35. The largest absolute Gasteiger partial charge is 0.491 e. The van der Waals surface area contributed by atoms with Crippen molar-refractivity contribution >= 4 is 18.2 Å². The van der Waals surface area contributed by atoms with E-state index in [4.69, 9.17) is 9.47 Å². The third-order valence-electron chi connectivity index (χ3n) is 3.43. The van der Waals surface area contributed by atoms with Crippen molar-refractivity contribution in [3.05, 3.63) is 29.8 Å². The minimum Gasteiger partial charge on any atom is -0.491 e. The van der Waals surface area contributed by atoms with E-state index in [-0.39, 0.29) is 18.2 Å².